The molecule has 0 saturated heterocycles. The van der Waals surface area contributed by atoms with Crippen LogP contribution in [0.4, 0.5) is 8.78 Å². The van der Waals surface area contributed by atoms with Crippen LogP contribution in [-0.2, 0) is 24.4 Å². The Bertz CT molecular complexity index is 2050. The first-order chi connectivity index (χ1) is 21.6. The molecule has 228 valence electrons. The van der Waals surface area contributed by atoms with Crippen molar-refractivity contribution >= 4 is 33.2 Å². The molecular weight excluding hydrogens is 598 g/mol. The van der Waals surface area contributed by atoms with E-state index in [4.69, 9.17) is 14.8 Å². The summed E-state index contributed by atoms with van der Waals surface area (Å²) in [5, 5.41) is 10.3. The van der Waals surface area contributed by atoms with Crippen molar-refractivity contribution in [2.45, 2.75) is 52.6 Å². The van der Waals surface area contributed by atoms with Crippen LogP contribution in [0.2, 0.25) is 0 Å². The molecule has 2 amide bonds. The van der Waals surface area contributed by atoms with Gasteiger partial charge in [0, 0.05) is 57.7 Å². The molecule has 0 bridgehead atoms. The average Bonchev–Trinajstić information content (AvgIpc) is 3.74. The van der Waals surface area contributed by atoms with E-state index in [1.54, 1.807) is 24.9 Å². The molecule has 45 heavy (non-hydrogen) atoms. The summed E-state index contributed by atoms with van der Waals surface area (Å²) >= 11 is 1.39. The van der Waals surface area contributed by atoms with Gasteiger partial charge in [-0.05, 0) is 50.4 Å². The summed E-state index contributed by atoms with van der Waals surface area (Å²) in [5.41, 5.74) is 4.49. The van der Waals surface area contributed by atoms with Gasteiger partial charge in [-0.25, -0.2) is 13.8 Å². The van der Waals surface area contributed by atoms with Crippen LogP contribution in [0, 0.1) is 11.6 Å². The SMILES string of the molecule is C=CC(=O)N1Cc2cc(-c3nc(-c4cnc5c(c4)CNC5=O)c4ccsc4c3-c3c(F)cc(F)cc3OC(C)C)nn2CC1C. The number of carbonyl (C=O) groups is 2. The second-order valence-corrected chi connectivity index (χ2v) is 12.3. The van der Waals surface area contributed by atoms with Crippen molar-refractivity contribution in [2.24, 2.45) is 0 Å². The van der Waals surface area contributed by atoms with Crippen LogP contribution < -0.4 is 10.1 Å². The van der Waals surface area contributed by atoms with Crippen molar-refractivity contribution in [1.82, 2.24) is 30.0 Å². The molecule has 1 N–H and O–H groups in total. The van der Waals surface area contributed by atoms with Gasteiger partial charge in [-0.3, -0.25) is 19.3 Å². The molecule has 4 aromatic heterocycles. The zero-order valence-corrected chi connectivity index (χ0v) is 25.5. The van der Waals surface area contributed by atoms with Crippen molar-refractivity contribution in [2.75, 3.05) is 0 Å². The second kappa shape index (κ2) is 10.9. The minimum Gasteiger partial charge on any atom is -0.490 e. The molecular formula is C33H28F2N6O3S. The minimum atomic E-state index is -0.791. The highest BCUT2D eigenvalue weighted by molar-refractivity contribution is 7.18. The maximum Gasteiger partial charge on any atom is 0.270 e. The third kappa shape index (κ3) is 4.85. The third-order valence-corrected chi connectivity index (χ3v) is 8.93. The van der Waals surface area contributed by atoms with E-state index in [9.17, 15) is 14.0 Å². The van der Waals surface area contributed by atoms with E-state index >= 15 is 4.39 Å². The first-order valence-corrected chi connectivity index (χ1v) is 15.4. The molecule has 2 aliphatic rings. The molecule has 7 rings (SSSR count). The maximum atomic E-state index is 16.0. The summed E-state index contributed by atoms with van der Waals surface area (Å²) in [6, 6.07) is 7.52. The Morgan fingerprint density at radius 1 is 1.18 bits per heavy atom. The number of pyridine rings is 2. The largest absolute Gasteiger partial charge is 0.490 e. The lowest BCUT2D eigenvalue weighted by molar-refractivity contribution is -0.129. The van der Waals surface area contributed by atoms with Crippen LogP contribution in [0.15, 0.2) is 54.6 Å². The van der Waals surface area contributed by atoms with Gasteiger partial charge < -0.3 is 15.0 Å². The lowest BCUT2D eigenvalue weighted by atomic mass is 9.96. The molecule has 6 heterocycles. The summed E-state index contributed by atoms with van der Waals surface area (Å²) in [5.74, 6) is -1.91. The van der Waals surface area contributed by atoms with Gasteiger partial charge in [0.25, 0.3) is 5.91 Å². The lowest BCUT2D eigenvalue weighted by Gasteiger charge is -2.33. The van der Waals surface area contributed by atoms with Crippen LogP contribution >= 0.6 is 11.3 Å². The van der Waals surface area contributed by atoms with Gasteiger partial charge in [0.15, 0.2) is 0 Å². The number of rotatable bonds is 6. The highest BCUT2D eigenvalue weighted by Gasteiger charge is 2.31. The van der Waals surface area contributed by atoms with Gasteiger partial charge in [-0.15, -0.1) is 11.3 Å². The van der Waals surface area contributed by atoms with Crippen molar-refractivity contribution in [3.05, 3.63) is 83.1 Å². The van der Waals surface area contributed by atoms with Crippen molar-refractivity contribution in [1.29, 1.82) is 0 Å². The first kappa shape index (κ1) is 28.8. The monoisotopic (exact) mass is 626 g/mol. The maximum absolute atomic E-state index is 16.0. The van der Waals surface area contributed by atoms with E-state index in [-0.39, 0.29) is 35.3 Å². The molecule has 0 spiro atoms. The predicted molar refractivity (Wildman–Crippen MR) is 167 cm³/mol. The van der Waals surface area contributed by atoms with Crippen molar-refractivity contribution in [3.63, 3.8) is 0 Å². The zero-order valence-electron chi connectivity index (χ0n) is 24.7. The van der Waals surface area contributed by atoms with Gasteiger partial charge >= 0.3 is 0 Å². The van der Waals surface area contributed by atoms with E-state index in [1.807, 2.05) is 35.2 Å². The molecule has 0 aliphatic carbocycles. The zero-order chi connectivity index (χ0) is 31.6. The van der Waals surface area contributed by atoms with E-state index in [0.717, 1.165) is 22.7 Å². The molecule has 9 nitrogen and oxygen atoms in total. The van der Waals surface area contributed by atoms with Crippen LogP contribution in [0.1, 0.15) is 42.5 Å². The summed E-state index contributed by atoms with van der Waals surface area (Å²) < 4.78 is 39.0. The predicted octanol–water partition coefficient (Wildman–Crippen LogP) is 6.11. The normalized spacial score (nSPS) is 15.7. The molecule has 12 heteroatoms. The topological polar surface area (TPSA) is 102 Å². The number of carbonyl (C=O) groups excluding carboxylic acids is 2. The lowest BCUT2D eigenvalue weighted by Crippen LogP contribution is -2.44. The van der Waals surface area contributed by atoms with Crippen molar-refractivity contribution < 1.29 is 23.1 Å². The van der Waals surface area contributed by atoms with E-state index < -0.39 is 11.6 Å². The summed E-state index contributed by atoms with van der Waals surface area (Å²) in [7, 11) is 0. The molecule has 0 saturated carbocycles. The Hall–Kier alpha value is -4.97. The Balaban J connectivity index is 1.50. The Morgan fingerprint density at radius 3 is 2.78 bits per heavy atom. The van der Waals surface area contributed by atoms with Gasteiger partial charge in [0.1, 0.15) is 34.5 Å². The smallest absolute Gasteiger partial charge is 0.270 e. The standard InChI is InChI=1S/C33H28F2N6O3S/c1-5-26(42)40-15-21-11-24(39-41(21)14-17(40)4)31-28(27-23(35)9-20(34)10-25(27)44-16(2)3)32-22(6-7-45-32)29(38-31)18-8-19-13-37-33(43)30(19)36-12-18/h5-12,16-17H,1,13-15H2,2-4H3,(H,37,43). The summed E-state index contributed by atoms with van der Waals surface area (Å²) in [6.45, 7) is 10.3. The fraction of sp³-hybridized carbons (Fsp3) is 0.242. The molecule has 2 aliphatic heterocycles. The highest BCUT2D eigenvalue weighted by Crippen LogP contribution is 2.47. The number of nitrogens with one attached hydrogen (secondary N) is 1. The van der Waals surface area contributed by atoms with Crippen LogP contribution in [0.25, 0.3) is 43.9 Å². The Kier molecular flexibility index (Phi) is 6.96. The van der Waals surface area contributed by atoms with Gasteiger partial charge in [0.2, 0.25) is 5.91 Å². The quantitative estimate of drug-likeness (QED) is 0.228. The average molecular weight is 627 g/mol. The van der Waals surface area contributed by atoms with Gasteiger partial charge in [-0.2, -0.15) is 5.10 Å². The fourth-order valence-electron chi connectivity index (χ4n) is 5.99. The summed E-state index contributed by atoms with van der Waals surface area (Å²) in [4.78, 5) is 36.0. The number of fused-ring (bicyclic) bond motifs is 3. The number of benzene rings is 1. The number of halogens is 2. The third-order valence-electron chi connectivity index (χ3n) is 8.00. The summed E-state index contributed by atoms with van der Waals surface area (Å²) in [6.07, 6.45) is 2.54. The van der Waals surface area contributed by atoms with Gasteiger partial charge in [-0.1, -0.05) is 6.58 Å². The van der Waals surface area contributed by atoms with Crippen LogP contribution in [0.3, 0.4) is 0 Å². The first-order valence-electron chi connectivity index (χ1n) is 14.5. The molecule has 1 atom stereocenters. The molecule has 1 unspecified atom stereocenters. The highest BCUT2D eigenvalue weighted by atomic mass is 32.1. The molecule has 1 aromatic carbocycles. The Labute approximate surface area is 261 Å². The number of hydrogen-bond acceptors (Lipinski definition) is 7. The second-order valence-electron chi connectivity index (χ2n) is 11.4. The van der Waals surface area contributed by atoms with E-state index in [2.05, 4.69) is 16.9 Å². The number of thiophene rings is 1. The van der Waals surface area contributed by atoms with E-state index in [0.29, 0.717) is 58.2 Å². The minimum absolute atomic E-state index is 0.0529. The number of aromatic nitrogens is 4. The number of amides is 2. The Morgan fingerprint density at radius 2 is 2.00 bits per heavy atom. The number of nitrogens with zero attached hydrogens (tertiary/aromatic N) is 5. The number of ether oxygens (including phenoxy) is 1. The van der Waals surface area contributed by atoms with Crippen LogP contribution in [-0.4, -0.2) is 48.6 Å². The molecule has 5 aromatic rings. The van der Waals surface area contributed by atoms with E-state index in [1.165, 1.54) is 23.5 Å². The number of hydrogen-bond donors (Lipinski definition) is 1. The molecule has 0 fully saturated rings. The van der Waals surface area contributed by atoms with Crippen molar-refractivity contribution in [3.8, 4) is 39.5 Å². The van der Waals surface area contributed by atoms with Gasteiger partial charge in [0.05, 0.1) is 36.1 Å². The van der Waals surface area contributed by atoms with Crippen LogP contribution in [0.5, 0.6) is 5.75 Å². The fourth-order valence-corrected chi connectivity index (χ4v) is 6.94. The molecule has 0 radical (unpaired) electrons.